The van der Waals surface area contributed by atoms with Crippen LogP contribution in [0.4, 0.5) is 5.69 Å². The lowest BCUT2D eigenvalue weighted by atomic mass is 10.2. The molecule has 0 unspecified atom stereocenters. The molecule has 100 valence electrons. The van der Waals surface area contributed by atoms with Gasteiger partial charge in [0.2, 0.25) is 5.91 Å². The zero-order chi connectivity index (χ0) is 13.5. The number of carbonyl (C=O) groups is 1. The molecule has 1 aromatic carbocycles. The van der Waals surface area contributed by atoms with Crippen LogP contribution in [0, 0.1) is 6.92 Å². The molecule has 0 aliphatic rings. The van der Waals surface area contributed by atoms with Crippen molar-refractivity contribution in [3.63, 3.8) is 0 Å². The van der Waals surface area contributed by atoms with E-state index in [2.05, 4.69) is 10.6 Å². The summed E-state index contributed by atoms with van der Waals surface area (Å²) in [5, 5.41) is 14.5. The number of rotatable bonds is 6. The zero-order valence-corrected chi connectivity index (χ0v) is 11.0. The van der Waals surface area contributed by atoms with Crippen molar-refractivity contribution in [3.05, 3.63) is 23.8 Å². The molecular weight excluding hydrogens is 232 g/mol. The molecule has 0 saturated heterocycles. The third-order valence-electron chi connectivity index (χ3n) is 2.51. The quantitative estimate of drug-likeness (QED) is 0.704. The van der Waals surface area contributed by atoms with Gasteiger partial charge in [-0.15, -0.1) is 0 Å². The zero-order valence-electron chi connectivity index (χ0n) is 11.0. The highest BCUT2D eigenvalue weighted by Crippen LogP contribution is 2.24. The van der Waals surface area contributed by atoms with Gasteiger partial charge in [0.25, 0.3) is 0 Å². The maximum absolute atomic E-state index is 11.7. The smallest absolute Gasteiger partial charge is 0.238 e. The third kappa shape index (κ3) is 4.35. The number of hydrogen-bond acceptors (Lipinski definition) is 4. The second kappa shape index (κ2) is 6.98. The predicted octanol–water partition coefficient (Wildman–Crippen LogP) is 0.913. The van der Waals surface area contributed by atoms with Crippen molar-refractivity contribution in [2.24, 2.45) is 0 Å². The van der Waals surface area contributed by atoms with Crippen LogP contribution in [0.2, 0.25) is 0 Å². The SMILES string of the molecule is COc1ccc(C)cc1NC(=O)CN[C@@H](C)CO. The van der Waals surface area contributed by atoms with Gasteiger partial charge in [-0.3, -0.25) is 4.79 Å². The molecule has 0 aliphatic carbocycles. The Bertz CT molecular complexity index is 407. The standard InChI is InChI=1S/C13H20N2O3/c1-9-4-5-12(18-3)11(6-9)15-13(17)7-14-10(2)8-16/h4-6,10,14,16H,7-8H2,1-3H3,(H,15,17)/t10-/m0/s1. The van der Waals surface area contributed by atoms with Crippen LogP contribution in [0.1, 0.15) is 12.5 Å². The molecule has 0 bridgehead atoms. The topological polar surface area (TPSA) is 70.6 Å². The van der Waals surface area contributed by atoms with Gasteiger partial charge in [-0.05, 0) is 31.5 Å². The van der Waals surface area contributed by atoms with Gasteiger partial charge in [-0.1, -0.05) is 6.07 Å². The van der Waals surface area contributed by atoms with Crippen LogP contribution >= 0.6 is 0 Å². The summed E-state index contributed by atoms with van der Waals surface area (Å²) in [7, 11) is 1.56. The van der Waals surface area contributed by atoms with Gasteiger partial charge in [0.05, 0.1) is 25.9 Å². The maximum atomic E-state index is 11.7. The van der Waals surface area contributed by atoms with Crippen LogP contribution < -0.4 is 15.4 Å². The van der Waals surface area contributed by atoms with Crippen LogP contribution in [0.25, 0.3) is 0 Å². The molecule has 0 radical (unpaired) electrons. The second-order valence-corrected chi connectivity index (χ2v) is 4.22. The molecule has 1 rings (SSSR count). The number of hydrogen-bond donors (Lipinski definition) is 3. The van der Waals surface area contributed by atoms with Crippen molar-refractivity contribution >= 4 is 11.6 Å². The number of ether oxygens (including phenoxy) is 1. The molecule has 0 aromatic heterocycles. The van der Waals surface area contributed by atoms with E-state index in [1.807, 2.05) is 25.1 Å². The molecular formula is C13H20N2O3. The fourth-order valence-corrected chi connectivity index (χ4v) is 1.45. The Hall–Kier alpha value is -1.59. The Balaban J connectivity index is 2.61. The molecule has 0 fully saturated rings. The molecule has 1 aromatic rings. The van der Waals surface area contributed by atoms with Gasteiger partial charge in [0, 0.05) is 6.04 Å². The number of anilines is 1. The van der Waals surface area contributed by atoms with Gasteiger partial charge in [0.1, 0.15) is 5.75 Å². The highest BCUT2D eigenvalue weighted by Gasteiger charge is 2.08. The van der Waals surface area contributed by atoms with Crippen LogP contribution in [-0.4, -0.2) is 37.3 Å². The fourth-order valence-electron chi connectivity index (χ4n) is 1.45. The number of aryl methyl sites for hydroxylation is 1. The summed E-state index contributed by atoms with van der Waals surface area (Å²) in [6.07, 6.45) is 0. The highest BCUT2D eigenvalue weighted by molar-refractivity contribution is 5.93. The normalized spacial score (nSPS) is 12.0. The Labute approximate surface area is 107 Å². The fraction of sp³-hybridized carbons (Fsp3) is 0.462. The van der Waals surface area contributed by atoms with Gasteiger partial charge in [0.15, 0.2) is 0 Å². The Kier molecular flexibility index (Phi) is 5.61. The molecule has 3 N–H and O–H groups in total. The van der Waals surface area contributed by atoms with E-state index in [-0.39, 0.29) is 25.1 Å². The summed E-state index contributed by atoms with van der Waals surface area (Å²) in [4.78, 5) is 11.7. The van der Waals surface area contributed by atoms with E-state index in [1.54, 1.807) is 14.0 Å². The first-order valence-corrected chi connectivity index (χ1v) is 5.85. The predicted molar refractivity (Wildman–Crippen MR) is 70.9 cm³/mol. The molecule has 1 atom stereocenters. The molecule has 5 heteroatoms. The van der Waals surface area contributed by atoms with Crippen LogP contribution in [0.15, 0.2) is 18.2 Å². The lowest BCUT2D eigenvalue weighted by molar-refractivity contribution is -0.115. The van der Waals surface area contributed by atoms with Crippen LogP contribution in [0.5, 0.6) is 5.75 Å². The van der Waals surface area contributed by atoms with Crippen molar-refractivity contribution in [2.75, 3.05) is 25.6 Å². The maximum Gasteiger partial charge on any atom is 0.238 e. The monoisotopic (exact) mass is 252 g/mol. The molecule has 0 spiro atoms. The number of amides is 1. The average molecular weight is 252 g/mol. The first kappa shape index (κ1) is 14.5. The molecule has 1 amide bonds. The number of carbonyl (C=O) groups excluding carboxylic acids is 1. The lowest BCUT2D eigenvalue weighted by Gasteiger charge is -2.13. The molecule has 5 nitrogen and oxygen atoms in total. The van der Waals surface area contributed by atoms with E-state index >= 15 is 0 Å². The minimum absolute atomic E-state index is 0.00104. The van der Waals surface area contributed by atoms with Gasteiger partial charge >= 0.3 is 0 Å². The van der Waals surface area contributed by atoms with Crippen molar-refractivity contribution in [2.45, 2.75) is 19.9 Å². The van der Waals surface area contributed by atoms with Crippen molar-refractivity contribution < 1.29 is 14.6 Å². The number of aliphatic hydroxyl groups is 1. The molecule has 0 aliphatic heterocycles. The van der Waals surface area contributed by atoms with Crippen molar-refractivity contribution in [3.8, 4) is 5.75 Å². The van der Waals surface area contributed by atoms with E-state index in [9.17, 15) is 4.79 Å². The third-order valence-corrected chi connectivity index (χ3v) is 2.51. The van der Waals surface area contributed by atoms with Crippen molar-refractivity contribution in [1.29, 1.82) is 0 Å². The van der Waals surface area contributed by atoms with Gasteiger partial charge < -0.3 is 20.5 Å². The van der Waals surface area contributed by atoms with Gasteiger partial charge in [-0.25, -0.2) is 0 Å². The van der Waals surface area contributed by atoms with E-state index in [0.717, 1.165) is 5.56 Å². The van der Waals surface area contributed by atoms with E-state index < -0.39 is 0 Å². The largest absolute Gasteiger partial charge is 0.495 e. The summed E-state index contributed by atoms with van der Waals surface area (Å²) in [5.74, 6) is 0.461. The summed E-state index contributed by atoms with van der Waals surface area (Å²) < 4.78 is 5.17. The summed E-state index contributed by atoms with van der Waals surface area (Å²) >= 11 is 0. The molecule has 0 saturated carbocycles. The number of nitrogens with one attached hydrogen (secondary N) is 2. The molecule has 0 heterocycles. The number of aliphatic hydroxyl groups excluding tert-OH is 1. The van der Waals surface area contributed by atoms with E-state index in [4.69, 9.17) is 9.84 Å². The Morgan fingerprint density at radius 3 is 2.83 bits per heavy atom. The number of benzene rings is 1. The molecule has 18 heavy (non-hydrogen) atoms. The second-order valence-electron chi connectivity index (χ2n) is 4.22. The minimum atomic E-state index is -0.167. The van der Waals surface area contributed by atoms with Crippen LogP contribution in [-0.2, 0) is 4.79 Å². The van der Waals surface area contributed by atoms with E-state index in [0.29, 0.717) is 11.4 Å². The van der Waals surface area contributed by atoms with E-state index in [1.165, 1.54) is 0 Å². The summed E-state index contributed by atoms with van der Waals surface area (Å²) in [5.41, 5.74) is 1.70. The first-order chi connectivity index (χ1) is 8.56. The Morgan fingerprint density at radius 2 is 2.22 bits per heavy atom. The highest BCUT2D eigenvalue weighted by atomic mass is 16.5. The Morgan fingerprint density at radius 1 is 1.50 bits per heavy atom. The number of methoxy groups -OCH3 is 1. The average Bonchev–Trinajstić information content (AvgIpc) is 2.36. The van der Waals surface area contributed by atoms with Gasteiger partial charge in [-0.2, -0.15) is 0 Å². The van der Waals surface area contributed by atoms with Crippen molar-refractivity contribution in [1.82, 2.24) is 5.32 Å². The lowest BCUT2D eigenvalue weighted by Crippen LogP contribution is -2.36. The summed E-state index contributed by atoms with van der Waals surface area (Å²) in [6.45, 7) is 3.90. The van der Waals surface area contributed by atoms with Crippen LogP contribution in [0.3, 0.4) is 0 Å². The first-order valence-electron chi connectivity index (χ1n) is 5.85. The minimum Gasteiger partial charge on any atom is -0.495 e. The summed E-state index contributed by atoms with van der Waals surface area (Å²) in [6, 6.07) is 5.48.